The first-order valence-electron chi connectivity index (χ1n) is 13.0. The number of benzene rings is 3. The molecule has 3 aromatic rings. The molecule has 2 amide bonds. The molecular weight excluding hydrogens is 569 g/mol. The summed E-state index contributed by atoms with van der Waals surface area (Å²) in [6, 6.07) is 17.4. The van der Waals surface area contributed by atoms with Crippen molar-refractivity contribution < 1.29 is 18.0 Å². The highest BCUT2D eigenvalue weighted by Gasteiger charge is 2.33. The lowest BCUT2D eigenvalue weighted by molar-refractivity contribution is -0.139. The van der Waals surface area contributed by atoms with Crippen LogP contribution >= 0.6 is 23.2 Å². The quantitative estimate of drug-likeness (QED) is 0.291. The number of anilines is 1. The van der Waals surface area contributed by atoms with Crippen molar-refractivity contribution in [3.63, 3.8) is 0 Å². The maximum absolute atomic E-state index is 14.0. The van der Waals surface area contributed by atoms with Crippen molar-refractivity contribution in [3.8, 4) is 0 Å². The first kappa shape index (κ1) is 31.5. The van der Waals surface area contributed by atoms with Gasteiger partial charge in [0.25, 0.3) is 10.0 Å². The number of amides is 2. The fourth-order valence-corrected chi connectivity index (χ4v) is 5.89. The van der Waals surface area contributed by atoms with Crippen LogP contribution in [0, 0.1) is 19.8 Å². The summed E-state index contributed by atoms with van der Waals surface area (Å²) in [4.78, 5) is 28.5. The summed E-state index contributed by atoms with van der Waals surface area (Å²) < 4.78 is 28.8. The molecular formula is C30H35Cl2N3O4S. The van der Waals surface area contributed by atoms with Crippen LogP contribution in [0.1, 0.15) is 37.5 Å². The summed E-state index contributed by atoms with van der Waals surface area (Å²) in [6.07, 6.45) is 0. The van der Waals surface area contributed by atoms with Gasteiger partial charge in [-0.1, -0.05) is 79.0 Å². The maximum atomic E-state index is 14.0. The number of carbonyl (C=O) groups is 2. The number of hydrogen-bond acceptors (Lipinski definition) is 4. The highest BCUT2D eigenvalue weighted by molar-refractivity contribution is 7.92. The van der Waals surface area contributed by atoms with E-state index < -0.39 is 28.5 Å². The molecule has 0 heterocycles. The van der Waals surface area contributed by atoms with Gasteiger partial charge in [0.05, 0.1) is 15.6 Å². The van der Waals surface area contributed by atoms with Gasteiger partial charge >= 0.3 is 0 Å². The van der Waals surface area contributed by atoms with Gasteiger partial charge in [-0.05, 0) is 68.1 Å². The van der Waals surface area contributed by atoms with Gasteiger partial charge < -0.3 is 10.2 Å². The van der Waals surface area contributed by atoms with E-state index in [1.54, 1.807) is 19.1 Å². The number of halogens is 2. The van der Waals surface area contributed by atoms with Crippen molar-refractivity contribution in [2.45, 2.75) is 52.1 Å². The van der Waals surface area contributed by atoms with Crippen LogP contribution < -0.4 is 9.62 Å². The largest absolute Gasteiger partial charge is 0.354 e. The molecule has 0 spiro atoms. The molecule has 0 aromatic heterocycles. The van der Waals surface area contributed by atoms with E-state index in [0.717, 1.165) is 21.0 Å². The Hall–Kier alpha value is -3.07. The van der Waals surface area contributed by atoms with E-state index in [1.807, 2.05) is 52.0 Å². The average Bonchev–Trinajstić information content (AvgIpc) is 2.91. The second kappa shape index (κ2) is 13.5. The minimum absolute atomic E-state index is 0.00452. The molecule has 0 aliphatic heterocycles. The fraction of sp³-hybridized carbons (Fsp3) is 0.333. The predicted molar refractivity (Wildman–Crippen MR) is 161 cm³/mol. The van der Waals surface area contributed by atoms with Crippen molar-refractivity contribution in [3.05, 3.63) is 93.5 Å². The van der Waals surface area contributed by atoms with Crippen LogP contribution in [0.2, 0.25) is 10.0 Å². The molecule has 7 nitrogen and oxygen atoms in total. The van der Waals surface area contributed by atoms with Crippen LogP contribution in [0.15, 0.2) is 71.6 Å². The van der Waals surface area contributed by atoms with Gasteiger partial charge in [-0.15, -0.1) is 0 Å². The number of sulfonamides is 1. The van der Waals surface area contributed by atoms with E-state index in [1.165, 1.54) is 35.2 Å². The van der Waals surface area contributed by atoms with Crippen molar-refractivity contribution in [2.75, 3.05) is 17.4 Å². The monoisotopic (exact) mass is 603 g/mol. The zero-order chi connectivity index (χ0) is 29.6. The predicted octanol–water partition coefficient (Wildman–Crippen LogP) is 6.00. The van der Waals surface area contributed by atoms with Crippen LogP contribution in [0.3, 0.4) is 0 Å². The molecule has 0 saturated heterocycles. The van der Waals surface area contributed by atoms with Gasteiger partial charge in [0.2, 0.25) is 11.8 Å². The molecule has 0 aliphatic carbocycles. The lowest BCUT2D eigenvalue weighted by atomic mass is 10.1. The van der Waals surface area contributed by atoms with E-state index in [9.17, 15) is 18.0 Å². The highest BCUT2D eigenvalue weighted by atomic mass is 35.5. The van der Waals surface area contributed by atoms with E-state index >= 15 is 0 Å². The number of carbonyl (C=O) groups excluding carboxylic acids is 2. The third-order valence-electron chi connectivity index (χ3n) is 6.52. The summed E-state index contributed by atoms with van der Waals surface area (Å²) >= 11 is 12.7. The zero-order valence-corrected chi connectivity index (χ0v) is 25.6. The Morgan fingerprint density at radius 3 is 2.20 bits per heavy atom. The Morgan fingerprint density at radius 1 is 0.925 bits per heavy atom. The standard InChI is InChI=1S/C30H35Cl2N3O4S/c1-20(2)17-33-30(37)23(5)34(18-24-9-7-6-8-22(24)4)29(36)19-35(28-16-25(31)12-15-27(28)32)40(38,39)26-13-10-21(3)11-14-26/h6-16,20,23H,17-19H2,1-5H3,(H,33,37). The Labute approximate surface area is 247 Å². The van der Waals surface area contributed by atoms with Crippen molar-refractivity contribution in [1.82, 2.24) is 10.2 Å². The second-order valence-electron chi connectivity index (χ2n) is 10.2. The molecule has 1 unspecified atom stereocenters. The third-order valence-corrected chi connectivity index (χ3v) is 8.85. The summed E-state index contributed by atoms with van der Waals surface area (Å²) in [5, 5.41) is 3.25. The molecule has 0 fully saturated rings. The SMILES string of the molecule is Cc1ccc(S(=O)(=O)N(CC(=O)N(Cc2ccccc2C)C(C)C(=O)NCC(C)C)c2cc(Cl)ccc2Cl)cc1. The van der Waals surface area contributed by atoms with Gasteiger partial charge in [-0.2, -0.15) is 0 Å². The van der Waals surface area contributed by atoms with Gasteiger partial charge in [-0.3, -0.25) is 13.9 Å². The first-order valence-corrected chi connectivity index (χ1v) is 15.2. The normalized spacial score (nSPS) is 12.2. The van der Waals surface area contributed by atoms with Crippen LogP contribution in [0.5, 0.6) is 0 Å². The van der Waals surface area contributed by atoms with Crippen molar-refractivity contribution >= 4 is 50.7 Å². The summed E-state index contributed by atoms with van der Waals surface area (Å²) in [7, 11) is -4.24. The van der Waals surface area contributed by atoms with E-state index in [-0.39, 0.29) is 39.0 Å². The molecule has 0 saturated carbocycles. The molecule has 0 radical (unpaired) electrons. The number of aryl methyl sites for hydroxylation is 2. The zero-order valence-electron chi connectivity index (χ0n) is 23.3. The highest BCUT2D eigenvalue weighted by Crippen LogP contribution is 2.33. The number of nitrogens with one attached hydrogen (secondary N) is 1. The topological polar surface area (TPSA) is 86.8 Å². The van der Waals surface area contributed by atoms with Gasteiger partial charge in [0.1, 0.15) is 12.6 Å². The van der Waals surface area contributed by atoms with Crippen LogP contribution in [-0.4, -0.2) is 44.3 Å². The Morgan fingerprint density at radius 2 is 1.57 bits per heavy atom. The molecule has 40 heavy (non-hydrogen) atoms. The number of hydrogen-bond donors (Lipinski definition) is 1. The number of rotatable bonds is 11. The van der Waals surface area contributed by atoms with Gasteiger partial charge in [0, 0.05) is 18.1 Å². The Kier molecular flexibility index (Phi) is 10.6. The Bertz CT molecular complexity index is 1460. The van der Waals surface area contributed by atoms with E-state index in [2.05, 4.69) is 5.32 Å². The van der Waals surface area contributed by atoms with Crippen LogP contribution in [-0.2, 0) is 26.2 Å². The van der Waals surface area contributed by atoms with E-state index in [4.69, 9.17) is 23.2 Å². The molecule has 1 atom stereocenters. The first-order chi connectivity index (χ1) is 18.8. The average molecular weight is 605 g/mol. The van der Waals surface area contributed by atoms with Crippen LogP contribution in [0.25, 0.3) is 0 Å². The molecule has 3 aromatic carbocycles. The molecule has 0 aliphatic rings. The smallest absolute Gasteiger partial charge is 0.264 e. The van der Waals surface area contributed by atoms with Crippen molar-refractivity contribution in [1.29, 1.82) is 0 Å². The summed E-state index contributed by atoms with van der Waals surface area (Å²) in [5.41, 5.74) is 2.73. The Balaban J connectivity index is 2.07. The maximum Gasteiger partial charge on any atom is 0.264 e. The molecule has 214 valence electrons. The van der Waals surface area contributed by atoms with Crippen molar-refractivity contribution in [2.24, 2.45) is 5.92 Å². The summed E-state index contributed by atoms with van der Waals surface area (Å²) in [5.74, 6) is -0.677. The minimum Gasteiger partial charge on any atom is -0.354 e. The fourth-order valence-electron chi connectivity index (χ4n) is 4.03. The molecule has 10 heteroatoms. The van der Waals surface area contributed by atoms with Crippen LogP contribution in [0.4, 0.5) is 5.69 Å². The molecule has 3 rings (SSSR count). The van der Waals surface area contributed by atoms with E-state index in [0.29, 0.717) is 6.54 Å². The minimum atomic E-state index is -4.24. The third kappa shape index (κ3) is 7.77. The second-order valence-corrected chi connectivity index (χ2v) is 12.9. The lowest BCUT2D eigenvalue weighted by Crippen LogP contribution is -2.51. The summed E-state index contributed by atoms with van der Waals surface area (Å²) in [6.45, 7) is 9.32. The number of nitrogens with zero attached hydrogens (tertiary/aromatic N) is 2. The molecule has 0 bridgehead atoms. The molecule has 1 N–H and O–H groups in total. The lowest BCUT2D eigenvalue weighted by Gasteiger charge is -2.32. The van der Waals surface area contributed by atoms with Gasteiger partial charge in [-0.25, -0.2) is 8.42 Å². The van der Waals surface area contributed by atoms with Gasteiger partial charge in [0.15, 0.2) is 0 Å².